The van der Waals surface area contributed by atoms with Gasteiger partial charge < -0.3 is 15.1 Å². The van der Waals surface area contributed by atoms with Crippen LogP contribution in [0.15, 0.2) is 120 Å². The maximum absolute atomic E-state index is 13.2. The van der Waals surface area contributed by atoms with Gasteiger partial charge in [0, 0.05) is 61.7 Å². The number of hydrogen-bond acceptors (Lipinski definition) is 6. The molecule has 11 heteroatoms. The molecule has 1 N–H and O–H groups in total. The predicted octanol–water partition coefficient (Wildman–Crippen LogP) is 8.72. The molecule has 5 aromatic rings. The van der Waals surface area contributed by atoms with Gasteiger partial charge in [-0.05, 0) is 53.4 Å². The Balaban J connectivity index is 1.00. The number of halogens is 4. The number of benzene rings is 4. The summed E-state index contributed by atoms with van der Waals surface area (Å²) in [7, 11) is 0. The van der Waals surface area contributed by atoms with Crippen LogP contribution in [0.3, 0.4) is 0 Å². The molecule has 1 fully saturated rings. The van der Waals surface area contributed by atoms with E-state index in [2.05, 4.69) is 39.5 Å². The average Bonchev–Trinajstić information content (AvgIpc) is 3.13. The molecule has 4 aromatic carbocycles. The average molecular weight is 702 g/mol. The first-order chi connectivity index (χ1) is 23.7. The van der Waals surface area contributed by atoms with Crippen LogP contribution in [0.25, 0.3) is 0 Å². The third-order valence-corrected chi connectivity index (χ3v) is 9.62. The van der Waals surface area contributed by atoms with Gasteiger partial charge in [-0.25, -0.2) is 9.97 Å². The molecule has 6 nitrogen and oxygen atoms in total. The number of alkyl halides is 3. The Labute approximate surface area is 293 Å². The van der Waals surface area contributed by atoms with Gasteiger partial charge in [0.1, 0.15) is 11.0 Å². The van der Waals surface area contributed by atoms with Crippen LogP contribution >= 0.6 is 23.4 Å². The van der Waals surface area contributed by atoms with Crippen molar-refractivity contribution in [1.82, 2.24) is 15.3 Å². The minimum Gasteiger partial charge on any atom is -0.368 e. The Bertz CT molecular complexity index is 1800. The number of thioether (sulfide) groups is 1. The zero-order valence-electron chi connectivity index (χ0n) is 26.6. The zero-order chi connectivity index (χ0) is 34.2. The first-order valence-electron chi connectivity index (χ1n) is 16.0. The second-order valence-corrected chi connectivity index (χ2v) is 13.1. The van der Waals surface area contributed by atoms with Crippen molar-refractivity contribution in [3.8, 4) is 0 Å². The van der Waals surface area contributed by atoms with Gasteiger partial charge in [0.05, 0.1) is 5.56 Å². The van der Waals surface area contributed by atoms with Crippen molar-refractivity contribution in [3.05, 3.63) is 148 Å². The van der Waals surface area contributed by atoms with Crippen LogP contribution in [0, 0.1) is 0 Å². The smallest absolute Gasteiger partial charge is 0.368 e. The maximum atomic E-state index is 13.2. The highest BCUT2D eigenvalue weighted by molar-refractivity contribution is 7.98. The first-order valence-corrected chi connectivity index (χ1v) is 17.4. The number of carbonyl (C=O) groups excluding carboxylic acids is 1. The fraction of sp³-hybridized carbons (Fsp3) is 0.237. The molecule has 0 radical (unpaired) electrons. The molecule has 2 heterocycles. The van der Waals surface area contributed by atoms with Crippen LogP contribution in [0.1, 0.15) is 45.0 Å². The van der Waals surface area contributed by atoms with Gasteiger partial charge in [0.2, 0.25) is 0 Å². The number of amides is 1. The minimum absolute atomic E-state index is 0.116. The lowest BCUT2D eigenvalue weighted by molar-refractivity contribution is -0.137. The molecule has 252 valence electrons. The topological polar surface area (TPSA) is 61.4 Å². The van der Waals surface area contributed by atoms with Gasteiger partial charge in [-0.1, -0.05) is 102 Å². The molecule has 0 aliphatic carbocycles. The molecule has 6 rings (SSSR count). The summed E-state index contributed by atoms with van der Waals surface area (Å²) in [6, 6.07) is 35.3. The molecule has 1 amide bonds. The molecule has 1 aliphatic heterocycles. The number of nitrogens with zero attached hydrogens (tertiary/aromatic N) is 4. The van der Waals surface area contributed by atoms with Crippen LogP contribution < -0.4 is 15.1 Å². The first kappa shape index (κ1) is 34.3. The summed E-state index contributed by atoms with van der Waals surface area (Å²) in [5.74, 6) is 1.33. The second-order valence-electron chi connectivity index (χ2n) is 11.8. The molecular weight excluding hydrogens is 667 g/mol. The van der Waals surface area contributed by atoms with Crippen molar-refractivity contribution in [2.45, 2.75) is 29.4 Å². The van der Waals surface area contributed by atoms with Crippen LogP contribution in [0.2, 0.25) is 5.15 Å². The van der Waals surface area contributed by atoms with Crippen LogP contribution in [0.5, 0.6) is 0 Å². The van der Waals surface area contributed by atoms with E-state index in [0.29, 0.717) is 65.9 Å². The molecule has 0 spiro atoms. The van der Waals surface area contributed by atoms with Crippen molar-refractivity contribution in [2.24, 2.45) is 0 Å². The Morgan fingerprint density at radius 2 is 1.43 bits per heavy atom. The molecule has 1 saturated heterocycles. The van der Waals surface area contributed by atoms with E-state index >= 15 is 0 Å². The van der Waals surface area contributed by atoms with E-state index in [-0.39, 0.29) is 11.8 Å². The van der Waals surface area contributed by atoms with E-state index in [1.165, 1.54) is 35.0 Å². The van der Waals surface area contributed by atoms with Crippen molar-refractivity contribution in [3.63, 3.8) is 0 Å². The number of piperazine rings is 1. The van der Waals surface area contributed by atoms with Gasteiger partial charge in [-0.15, -0.1) is 0 Å². The number of carbonyl (C=O) groups is 1. The number of rotatable bonds is 11. The summed E-state index contributed by atoms with van der Waals surface area (Å²) < 4.78 is 39.6. The van der Waals surface area contributed by atoms with Crippen LogP contribution in [-0.4, -0.2) is 48.6 Å². The van der Waals surface area contributed by atoms with E-state index in [4.69, 9.17) is 16.6 Å². The molecule has 0 saturated carbocycles. The fourth-order valence-corrected chi connectivity index (χ4v) is 6.95. The van der Waals surface area contributed by atoms with Crippen molar-refractivity contribution < 1.29 is 18.0 Å². The van der Waals surface area contributed by atoms with Crippen LogP contribution in [-0.2, 0) is 11.9 Å². The number of nitrogens with one attached hydrogen (secondary N) is 1. The summed E-state index contributed by atoms with van der Waals surface area (Å²) in [4.78, 5) is 26.1. The third kappa shape index (κ3) is 9.13. The lowest BCUT2D eigenvalue weighted by Gasteiger charge is -2.37. The highest BCUT2D eigenvalue weighted by atomic mass is 35.5. The number of anilines is 2. The van der Waals surface area contributed by atoms with Crippen molar-refractivity contribution in [2.75, 3.05) is 42.5 Å². The van der Waals surface area contributed by atoms with Gasteiger partial charge in [-0.2, -0.15) is 13.2 Å². The lowest BCUT2D eigenvalue weighted by atomic mass is 9.88. The molecule has 49 heavy (non-hydrogen) atoms. The van der Waals surface area contributed by atoms with Crippen molar-refractivity contribution in [1.29, 1.82) is 0 Å². The fourth-order valence-electron chi connectivity index (χ4n) is 5.91. The Kier molecular flexibility index (Phi) is 11.1. The van der Waals surface area contributed by atoms with E-state index in [1.54, 1.807) is 12.1 Å². The highest BCUT2D eigenvalue weighted by Gasteiger charge is 2.31. The molecule has 0 atom stereocenters. The highest BCUT2D eigenvalue weighted by Crippen LogP contribution is 2.33. The number of aromatic nitrogens is 2. The Morgan fingerprint density at radius 1 is 0.796 bits per heavy atom. The SMILES string of the molecule is O=C(NCCC(c1ccccc1)c1ccccc1)c1ccc(CSc2nc(Cl)cc(N3CCN(c4cccc(C(F)(F)F)c4)CC3)n2)cc1. The molecule has 0 unspecified atom stereocenters. The normalized spacial score (nSPS) is 13.5. The summed E-state index contributed by atoms with van der Waals surface area (Å²) in [5.41, 5.74) is 3.94. The summed E-state index contributed by atoms with van der Waals surface area (Å²) in [6.45, 7) is 2.80. The van der Waals surface area contributed by atoms with Gasteiger partial charge in [0.25, 0.3) is 5.91 Å². The molecule has 1 aliphatic rings. The Morgan fingerprint density at radius 3 is 2.06 bits per heavy atom. The maximum Gasteiger partial charge on any atom is 0.416 e. The largest absolute Gasteiger partial charge is 0.416 e. The minimum atomic E-state index is -4.38. The molecular formula is C38H35ClF3N5OS. The summed E-state index contributed by atoms with van der Waals surface area (Å²) in [5, 5.41) is 3.92. The second kappa shape index (κ2) is 15.8. The van der Waals surface area contributed by atoms with E-state index in [1.807, 2.05) is 65.6 Å². The molecule has 0 bridgehead atoms. The lowest BCUT2D eigenvalue weighted by Crippen LogP contribution is -2.47. The van der Waals surface area contributed by atoms with Crippen molar-refractivity contribution >= 4 is 40.8 Å². The molecule has 1 aromatic heterocycles. The third-order valence-electron chi connectivity index (χ3n) is 8.51. The van der Waals surface area contributed by atoms with E-state index in [0.717, 1.165) is 18.1 Å². The Hall–Kier alpha value is -4.54. The van der Waals surface area contributed by atoms with E-state index < -0.39 is 11.7 Å². The summed E-state index contributed by atoms with van der Waals surface area (Å²) in [6.07, 6.45) is -3.60. The van der Waals surface area contributed by atoms with Crippen LogP contribution in [0.4, 0.5) is 24.7 Å². The zero-order valence-corrected chi connectivity index (χ0v) is 28.2. The van der Waals surface area contributed by atoms with Gasteiger partial charge >= 0.3 is 6.18 Å². The quantitative estimate of drug-likeness (QED) is 0.0845. The van der Waals surface area contributed by atoms with Gasteiger partial charge in [-0.3, -0.25) is 4.79 Å². The van der Waals surface area contributed by atoms with E-state index in [9.17, 15) is 18.0 Å². The predicted molar refractivity (Wildman–Crippen MR) is 191 cm³/mol. The van der Waals surface area contributed by atoms with Gasteiger partial charge in [0.15, 0.2) is 5.16 Å². The number of hydrogen-bond donors (Lipinski definition) is 1. The monoisotopic (exact) mass is 701 g/mol. The summed E-state index contributed by atoms with van der Waals surface area (Å²) >= 11 is 7.81. The standard InChI is InChI=1S/C38H35ClF3N5OS/c39-34-25-35(47-22-20-46(21-23-47)32-13-7-12-31(24-32)38(40,41)42)45-37(44-34)49-26-27-14-16-30(17-15-27)36(48)43-19-18-33(28-8-3-1-4-9-28)29-10-5-2-6-11-29/h1-17,24-25,33H,18-23,26H2,(H,43,48).